The van der Waals surface area contributed by atoms with E-state index in [1.54, 1.807) is 12.0 Å². The van der Waals surface area contributed by atoms with Crippen LogP contribution >= 0.6 is 0 Å². The van der Waals surface area contributed by atoms with Gasteiger partial charge in [0.1, 0.15) is 5.60 Å². The van der Waals surface area contributed by atoms with Gasteiger partial charge < -0.3 is 14.4 Å². The van der Waals surface area contributed by atoms with E-state index in [0.717, 1.165) is 30.6 Å². The highest BCUT2D eigenvalue weighted by molar-refractivity contribution is 5.68. The van der Waals surface area contributed by atoms with Gasteiger partial charge in [-0.05, 0) is 68.7 Å². The van der Waals surface area contributed by atoms with Crippen LogP contribution in [0.4, 0.5) is 4.79 Å². The van der Waals surface area contributed by atoms with Crippen molar-refractivity contribution in [3.8, 4) is 11.1 Å². The van der Waals surface area contributed by atoms with Crippen LogP contribution in [0.15, 0.2) is 60.9 Å². The molecule has 0 fully saturated rings. The van der Waals surface area contributed by atoms with Gasteiger partial charge in [-0.1, -0.05) is 75.4 Å². The quantitative estimate of drug-likeness (QED) is 0.298. The molecule has 1 atom stereocenters. The average molecular weight is 466 g/mol. The van der Waals surface area contributed by atoms with Crippen molar-refractivity contribution in [3.05, 3.63) is 72.0 Å². The minimum absolute atomic E-state index is 0.248. The second-order valence-corrected chi connectivity index (χ2v) is 10.1. The van der Waals surface area contributed by atoms with Crippen LogP contribution in [-0.2, 0) is 22.4 Å². The van der Waals surface area contributed by atoms with Gasteiger partial charge in [0.25, 0.3) is 0 Å². The maximum atomic E-state index is 12.9. The predicted molar refractivity (Wildman–Crippen MR) is 142 cm³/mol. The van der Waals surface area contributed by atoms with Crippen molar-refractivity contribution in [2.24, 2.45) is 5.92 Å². The first kappa shape index (κ1) is 27.5. The fourth-order valence-electron chi connectivity index (χ4n) is 3.78. The van der Waals surface area contributed by atoms with Gasteiger partial charge in [0, 0.05) is 19.0 Å². The SMILES string of the molecule is C=C(OC)[C@@H](C)CCCN(Cc1ccc(-c2ccc(CCCC)cc2)cc1)C(=O)OC(C)(C)C. The smallest absolute Gasteiger partial charge is 0.410 e. The highest BCUT2D eigenvalue weighted by Gasteiger charge is 2.22. The van der Waals surface area contributed by atoms with E-state index in [0.29, 0.717) is 13.1 Å². The third-order valence-electron chi connectivity index (χ3n) is 5.96. The molecule has 1 amide bonds. The number of benzene rings is 2. The number of hydrogen-bond acceptors (Lipinski definition) is 3. The number of carbonyl (C=O) groups is 1. The molecule has 2 aromatic rings. The van der Waals surface area contributed by atoms with Crippen LogP contribution in [0, 0.1) is 5.92 Å². The lowest BCUT2D eigenvalue weighted by Gasteiger charge is -2.28. The van der Waals surface area contributed by atoms with E-state index in [1.165, 1.54) is 29.5 Å². The zero-order valence-corrected chi connectivity index (χ0v) is 22.0. The Bertz CT molecular complexity index is 894. The third kappa shape index (κ3) is 9.24. The molecule has 0 N–H and O–H groups in total. The Morgan fingerprint density at radius 3 is 2.03 bits per heavy atom. The normalized spacial score (nSPS) is 12.2. The van der Waals surface area contributed by atoms with Crippen LogP contribution < -0.4 is 0 Å². The maximum absolute atomic E-state index is 12.9. The van der Waals surface area contributed by atoms with E-state index in [2.05, 4.69) is 69.0 Å². The maximum Gasteiger partial charge on any atom is 0.410 e. The Morgan fingerprint density at radius 2 is 1.53 bits per heavy atom. The highest BCUT2D eigenvalue weighted by Crippen LogP contribution is 2.23. The lowest BCUT2D eigenvalue weighted by atomic mass is 10.0. The Balaban J connectivity index is 2.06. The van der Waals surface area contributed by atoms with Gasteiger partial charge in [0.2, 0.25) is 0 Å². The number of unbranched alkanes of at least 4 members (excludes halogenated alkanes) is 1. The lowest BCUT2D eigenvalue weighted by molar-refractivity contribution is 0.0228. The molecule has 0 saturated heterocycles. The minimum atomic E-state index is -0.528. The standard InChI is InChI=1S/C30H43NO3/c1-8-9-12-25-13-17-27(18-14-25)28-19-15-26(16-20-28)22-31(29(32)34-30(4,5)6)21-10-11-23(2)24(3)33-7/h13-20,23H,3,8-12,21-22H2,1-2,4-7H3/t23-/m0/s1. The molecule has 4 nitrogen and oxygen atoms in total. The van der Waals surface area contributed by atoms with E-state index >= 15 is 0 Å². The van der Waals surface area contributed by atoms with Crippen molar-refractivity contribution in [2.45, 2.75) is 78.9 Å². The molecule has 4 heteroatoms. The number of allylic oxidation sites excluding steroid dienone is 1. The van der Waals surface area contributed by atoms with Gasteiger partial charge in [-0.25, -0.2) is 4.79 Å². The summed E-state index contributed by atoms with van der Waals surface area (Å²) in [7, 11) is 1.65. The van der Waals surface area contributed by atoms with Gasteiger partial charge in [0.15, 0.2) is 0 Å². The summed E-state index contributed by atoms with van der Waals surface area (Å²) in [5.74, 6) is 1.02. The number of ether oxygens (including phenoxy) is 2. The number of nitrogens with zero attached hydrogens (tertiary/aromatic N) is 1. The number of methoxy groups -OCH3 is 1. The second-order valence-electron chi connectivity index (χ2n) is 10.1. The molecule has 0 aliphatic carbocycles. The first-order chi connectivity index (χ1) is 16.1. The first-order valence-corrected chi connectivity index (χ1v) is 12.5. The third-order valence-corrected chi connectivity index (χ3v) is 5.96. The van der Waals surface area contributed by atoms with Gasteiger partial charge in [-0.3, -0.25) is 0 Å². The number of carbonyl (C=O) groups excluding carboxylic acids is 1. The zero-order chi connectivity index (χ0) is 25.1. The van der Waals surface area contributed by atoms with E-state index in [4.69, 9.17) is 9.47 Å². The molecule has 0 heterocycles. The molecule has 0 bridgehead atoms. The predicted octanol–water partition coefficient (Wildman–Crippen LogP) is 8.01. The van der Waals surface area contributed by atoms with Crippen molar-refractivity contribution in [2.75, 3.05) is 13.7 Å². The Morgan fingerprint density at radius 1 is 0.971 bits per heavy atom. The number of aryl methyl sites for hydroxylation is 1. The van der Waals surface area contributed by atoms with Crippen LogP contribution in [0.2, 0.25) is 0 Å². The van der Waals surface area contributed by atoms with Crippen molar-refractivity contribution >= 4 is 6.09 Å². The van der Waals surface area contributed by atoms with Crippen molar-refractivity contribution in [3.63, 3.8) is 0 Å². The molecule has 0 saturated carbocycles. The van der Waals surface area contributed by atoms with Gasteiger partial charge in [-0.15, -0.1) is 0 Å². The first-order valence-electron chi connectivity index (χ1n) is 12.5. The van der Waals surface area contributed by atoms with Gasteiger partial charge in [0.05, 0.1) is 12.9 Å². The van der Waals surface area contributed by atoms with Crippen molar-refractivity contribution < 1.29 is 14.3 Å². The summed E-state index contributed by atoms with van der Waals surface area (Å²) in [6, 6.07) is 17.3. The molecule has 0 unspecified atom stereocenters. The fraction of sp³-hybridized carbons (Fsp3) is 0.500. The molecule has 0 aliphatic rings. The monoisotopic (exact) mass is 465 g/mol. The van der Waals surface area contributed by atoms with E-state index in [-0.39, 0.29) is 12.0 Å². The van der Waals surface area contributed by atoms with E-state index in [1.807, 2.05) is 20.8 Å². The molecule has 0 radical (unpaired) electrons. The zero-order valence-electron chi connectivity index (χ0n) is 22.0. The number of hydrogen-bond donors (Lipinski definition) is 0. The number of amides is 1. The van der Waals surface area contributed by atoms with Crippen molar-refractivity contribution in [1.82, 2.24) is 4.90 Å². The summed E-state index contributed by atoms with van der Waals surface area (Å²) in [5.41, 5.74) is 4.34. The molecular weight excluding hydrogens is 422 g/mol. The van der Waals surface area contributed by atoms with E-state index in [9.17, 15) is 4.79 Å². The second kappa shape index (κ2) is 13.2. The van der Waals surface area contributed by atoms with Crippen LogP contribution in [0.3, 0.4) is 0 Å². The average Bonchev–Trinajstić information content (AvgIpc) is 2.81. The topological polar surface area (TPSA) is 38.8 Å². The Kier molecular flexibility index (Phi) is 10.7. The largest absolute Gasteiger partial charge is 0.501 e. The summed E-state index contributed by atoms with van der Waals surface area (Å²) in [4.78, 5) is 14.7. The van der Waals surface area contributed by atoms with Crippen LogP contribution in [0.1, 0.15) is 71.4 Å². The summed E-state index contributed by atoms with van der Waals surface area (Å²) >= 11 is 0. The van der Waals surface area contributed by atoms with Gasteiger partial charge in [-0.2, -0.15) is 0 Å². The minimum Gasteiger partial charge on any atom is -0.501 e. The highest BCUT2D eigenvalue weighted by atomic mass is 16.6. The molecule has 0 spiro atoms. The van der Waals surface area contributed by atoms with Crippen LogP contribution in [0.25, 0.3) is 11.1 Å². The summed E-state index contributed by atoms with van der Waals surface area (Å²) in [5, 5.41) is 0. The Labute approximate surface area is 207 Å². The van der Waals surface area contributed by atoms with Gasteiger partial charge >= 0.3 is 6.09 Å². The lowest BCUT2D eigenvalue weighted by Crippen LogP contribution is -2.37. The van der Waals surface area contributed by atoms with Crippen molar-refractivity contribution in [1.29, 1.82) is 0 Å². The van der Waals surface area contributed by atoms with E-state index < -0.39 is 5.60 Å². The molecule has 186 valence electrons. The summed E-state index contributed by atoms with van der Waals surface area (Å²) in [6.07, 6.45) is 5.05. The van der Waals surface area contributed by atoms with Crippen LogP contribution in [0.5, 0.6) is 0 Å². The summed E-state index contributed by atoms with van der Waals surface area (Å²) in [6.45, 7) is 15.1. The molecule has 2 rings (SSSR count). The molecule has 2 aromatic carbocycles. The summed E-state index contributed by atoms with van der Waals surface area (Å²) < 4.78 is 10.9. The van der Waals surface area contributed by atoms with Crippen LogP contribution in [-0.4, -0.2) is 30.2 Å². The Hall–Kier alpha value is -2.75. The fourth-order valence-corrected chi connectivity index (χ4v) is 3.78. The molecule has 0 aromatic heterocycles. The molecular formula is C30H43NO3. The molecule has 34 heavy (non-hydrogen) atoms. The molecule has 0 aliphatic heterocycles. The number of rotatable bonds is 12.